The van der Waals surface area contributed by atoms with Crippen molar-refractivity contribution in [3.8, 4) is 0 Å². The van der Waals surface area contributed by atoms with Crippen LogP contribution in [0, 0.1) is 0 Å². The normalized spacial score (nSPS) is 12.6. The number of nitrogens with one attached hydrogen (secondary N) is 2. The fourth-order valence-electron chi connectivity index (χ4n) is 3.00. The molecule has 3 aromatic rings. The highest BCUT2D eigenvalue weighted by Crippen LogP contribution is 2.24. The lowest BCUT2D eigenvalue weighted by molar-refractivity contribution is 0.0928. The predicted molar refractivity (Wildman–Crippen MR) is 116 cm³/mol. The maximum atomic E-state index is 12.9. The van der Waals surface area contributed by atoms with Gasteiger partial charge in [0.1, 0.15) is 0 Å². The highest BCUT2D eigenvalue weighted by molar-refractivity contribution is 6.08. The summed E-state index contributed by atoms with van der Waals surface area (Å²) < 4.78 is 1.65. The number of carbonyl (C=O) groups excluding carboxylic acids is 2. The van der Waals surface area contributed by atoms with Gasteiger partial charge in [-0.3, -0.25) is 14.0 Å². The fourth-order valence-corrected chi connectivity index (χ4v) is 3.00. The van der Waals surface area contributed by atoms with E-state index >= 15 is 0 Å². The Kier molecular flexibility index (Phi) is 5.73. The zero-order chi connectivity index (χ0) is 21.2. The van der Waals surface area contributed by atoms with Gasteiger partial charge < -0.3 is 10.6 Å². The molecule has 0 aliphatic carbocycles. The third-order valence-electron chi connectivity index (χ3n) is 4.97. The van der Waals surface area contributed by atoms with Crippen molar-refractivity contribution in [2.45, 2.75) is 52.5 Å². The number of anilines is 1. The monoisotopic (exact) mass is 392 g/mol. The van der Waals surface area contributed by atoms with E-state index < -0.39 is 0 Å². The van der Waals surface area contributed by atoms with Crippen LogP contribution in [0.2, 0.25) is 0 Å². The first kappa shape index (κ1) is 20.6. The molecule has 0 aliphatic heterocycles. The summed E-state index contributed by atoms with van der Waals surface area (Å²) >= 11 is 0. The lowest BCUT2D eigenvalue weighted by atomic mass is 9.87. The van der Waals surface area contributed by atoms with Gasteiger partial charge in [0.15, 0.2) is 5.69 Å². The predicted octanol–water partition coefficient (Wildman–Crippen LogP) is 4.41. The number of nitrogens with zero attached hydrogens (tertiary/aromatic N) is 2. The van der Waals surface area contributed by atoms with E-state index in [4.69, 9.17) is 0 Å². The number of benzene rings is 1. The highest BCUT2D eigenvalue weighted by Gasteiger charge is 2.22. The summed E-state index contributed by atoms with van der Waals surface area (Å²) in [6.45, 7) is 10.4. The quantitative estimate of drug-likeness (QED) is 0.675. The van der Waals surface area contributed by atoms with Crippen molar-refractivity contribution in [2.24, 2.45) is 0 Å². The van der Waals surface area contributed by atoms with Crippen molar-refractivity contribution < 1.29 is 9.59 Å². The number of fused-ring (bicyclic) bond motifs is 1. The number of aromatic nitrogens is 2. The van der Waals surface area contributed by atoms with Crippen LogP contribution in [0.3, 0.4) is 0 Å². The highest BCUT2D eigenvalue weighted by atomic mass is 16.2. The van der Waals surface area contributed by atoms with Gasteiger partial charge in [-0.2, -0.15) is 0 Å². The average molecular weight is 393 g/mol. The van der Waals surface area contributed by atoms with Crippen LogP contribution < -0.4 is 10.6 Å². The Labute approximate surface area is 171 Å². The Bertz CT molecular complexity index is 1030. The molecule has 0 aliphatic rings. The lowest BCUT2D eigenvalue weighted by Gasteiger charge is -2.19. The summed E-state index contributed by atoms with van der Waals surface area (Å²) in [5.74, 6) is -0.442. The van der Waals surface area contributed by atoms with E-state index in [-0.39, 0.29) is 34.8 Å². The molecular weight excluding hydrogens is 364 g/mol. The van der Waals surface area contributed by atoms with Crippen LogP contribution in [0.1, 0.15) is 67.7 Å². The Morgan fingerprint density at radius 3 is 2.38 bits per heavy atom. The molecule has 0 saturated carbocycles. The van der Waals surface area contributed by atoms with Gasteiger partial charge >= 0.3 is 0 Å². The van der Waals surface area contributed by atoms with Crippen molar-refractivity contribution >= 4 is 23.0 Å². The minimum absolute atomic E-state index is 0.0252. The van der Waals surface area contributed by atoms with E-state index in [1.165, 1.54) is 5.56 Å². The molecule has 0 fully saturated rings. The number of hydrogen-bond acceptors (Lipinski definition) is 3. The molecule has 3 rings (SSSR count). The Hall–Kier alpha value is -3.15. The minimum Gasteiger partial charge on any atom is -0.347 e. The second kappa shape index (κ2) is 8.07. The van der Waals surface area contributed by atoms with Crippen LogP contribution in [-0.4, -0.2) is 27.2 Å². The van der Waals surface area contributed by atoms with Gasteiger partial charge in [-0.05, 0) is 48.6 Å². The molecule has 152 valence electrons. The first-order valence-corrected chi connectivity index (χ1v) is 9.90. The van der Waals surface area contributed by atoms with Crippen LogP contribution in [0.5, 0.6) is 0 Å². The van der Waals surface area contributed by atoms with Gasteiger partial charge in [0, 0.05) is 17.9 Å². The van der Waals surface area contributed by atoms with Crippen LogP contribution in [0.15, 0.2) is 48.7 Å². The zero-order valence-electron chi connectivity index (χ0n) is 17.6. The Morgan fingerprint density at radius 2 is 1.76 bits per heavy atom. The molecule has 2 N–H and O–H groups in total. The smallest absolute Gasteiger partial charge is 0.287 e. The van der Waals surface area contributed by atoms with E-state index in [2.05, 4.69) is 36.4 Å². The summed E-state index contributed by atoms with van der Waals surface area (Å²) in [7, 11) is 0. The van der Waals surface area contributed by atoms with Crippen molar-refractivity contribution in [3.63, 3.8) is 0 Å². The van der Waals surface area contributed by atoms with Crippen molar-refractivity contribution in [2.75, 3.05) is 5.32 Å². The van der Waals surface area contributed by atoms with Crippen LogP contribution in [-0.2, 0) is 5.41 Å². The molecule has 1 unspecified atom stereocenters. The molecule has 0 saturated heterocycles. The van der Waals surface area contributed by atoms with Gasteiger partial charge in [0.2, 0.25) is 5.82 Å². The van der Waals surface area contributed by atoms with Gasteiger partial charge in [0.25, 0.3) is 11.8 Å². The molecule has 2 amide bonds. The number of rotatable bonds is 5. The second-order valence-corrected chi connectivity index (χ2v) is 8.30. The molecule has 1 aromatic carbocycles. The standard InChI is InChI=1S/C23H28N4O2/c1-6-15(2)24-22(29)20-26-19(18-9-7-8-14-27(18)20)21(28)25-17-12-10-16(11-13-17)23(3,4)5/h7-15H,6H2,1-5H3,(H,24,29)(H,25,28). The molecule has 6 heteroatoms. The number of carbonyl (C=O) groups is 2. The summed E-state index contributed by atoms with van der Waals surface area (Å²) in [6.07, 6.45) is 2.55. The van der Waals surface area contributed by atoms with Gasteiger partial charge in [-0.25, -0.2) is 4.98 Å². The first-order chi connectivity index (χ1) is 13.7. The third kappa shape index (κ3) is 4.47. The summed E-state index contributed by atoms with van der Waals surface area (Å²) in [4.78, 5) is 29.9. The average Bonchev–Trinajstić information content (AvgIpc) is 3.07. The number of amides is 2. The zero-order valence-corrected chi connectivity index (χ0v) is 17.6. The maximum Gasteiger partial charge on any atom is 0.287 e. The molecule has 2 heterocycles. The van der Waals surface area contributed by atoms with E-state index in [0.717, 1.165) is 6.42 Å². The Morgan fingerprint density at radius 1 is 1.07 bits per heavy atom. The second-order valence-electron chi connectivity index (χ2n) is 8.30. The van der Waals surface area contributed by atoms with Gasteiger partial charge in [0.05, 0.1) is 5.52 Å². The topological polar surface area (TPSA) is 75.5 Å². The molecule has 0 radical (unpaired) electrons. The molecular formula is C23H28N4O2. The molecule has 29 heavy (non-hydrogen) atoms. The third-order valence-corrected chi connectivity index (χ3v) is 4.97. The SMILES string of the molecule is CCC(C)NC(=O)c1nc(C(=O)Nc2ccc(C(C)(C)C)cc2)c2ccccn12. The maximum absolute atomic E-state index is 12.9. The molecule has 6 nitrogen and oxygen atoms in total. The van der Waals surface area contributed by atoms with Crippen LogP contribution in [0.4, 0.5) is 5.69 Å². The van der Waals surface area contributed by atoms with Gasteiger partial charge in [-0.15, -0.1) is 0 Å². The lowest BCUT2D eigenvalue weighted by Crippen LogP contribution is -2.33. The number of pyridine rings is 1. The van der Waals surface area contributed by atoms with E-state index in [1.54, 1.807) is 16.7 Å². The van der Waals surface area contributed by atoms with Crippen LogP contribution >= 0.6 is 0 Å². The Balaban J connectivity index is 1.89. The van der Waals surface area contributed by atoms with Gasteiger partial charge in [-0.1, -0.05) is 45.9 Å². The van der Waals surface area contributed by atoms with E-state index in [0.29, 0.717) is 11.2 Å². The molecule has 1 atom stereocenters. The van der Waals surface area contributed by atoms with E-state index in [9.17, 15) is 9.59 Å². The summed E-state index contributed by atoms with van der Waals surface area (Å²) in [5.41, 5.74) is 2.73. The molecule has 0 bridgehead atoms. The fraction of sp³-hybridized carbons (Fsp3) is 0.348. The first-order valence-electron chi connectivity index (χ1n) is 9.90. The van der Waals surface area contributed by atoms with Crippen molar-refractivity contribution in [1.29, 1.82) is 0 Å². The number of imidazole rings is 1. The summed E-state index contributed by atoms with van der Waals surface area (Å²) in [6, 6.07) is 13.2. The molecule has 0 spiro atoms. The van der Waals surface area contributed by atoms with Crippen molar-refractivity contribution in [3.05, 3.63) is 65.7 Å². The molecule has 2 aromatic heterocycles. The van der Waals surface area contributed by atoms with Crippen LogP contribution in [0.25, 0.3) is 5.52 Å². The van der Waals surface area contributed by atoms with Crippen molar-refractivity contribution in [1.82, 2.24) is 14.7 Å². The van der Waals surface area contributed by atoms with E-state index in [1.807, 2.05) is 50.2 Å². The number of hydrogen-bond donors (Lipinski definition) is 2. The largest absolute Gasteiger partial charge is 0.347 e. The minimum atomic E-state index is -0.347. The summed E-state index contributed by atoms with van der Waals surface area (Å²) in [5, 5.41) is 5.79.